The molecule has 92 valence electrons. The summed E-state index contributed by atoms with van der Waals surface area (Å²) in [5.41, 5.74) is 5.56. The molecule has 2 heterocycles. The fraction of sp³-hybridized carbons (Fsp3) is 0.900. The Hall–Kier alpha value is -0.850. The molecule has 0 radical (unpaired) electrons. The minimum atomic E-state index is -0.276. The zero-order valence-corrected chi connectivity index (χ0v) is 9.34. The number of hydrogen-bond acceptors (Lipinski definition) is 5. The van der Waals surface area contributed by atoms with Crippen molar-refractivity contribution in [3.05, 3.63) is 0 Å². The van der Waals surface area contributed by atoms with Gasteiger partial charge in [0.15, 0.2) is 5.84 Å². The lowest BCUT2D eigenvalue weighted by atomic mass is 10.1. The summed E-state index contributed by atoms with van der Waals surface area (Å²) >= 11 is 0. The predicted octanol–water partition coefficient (Wildman–Crippen LogP) is -0.387. The van der Waals surface area contributed by atoms with Gasteiger partial charge in [-0.15, -0.1) is 0 Å². The van der Waals surface area contributed by atoms with E-state index < -0.39 is 0 Å². The van der Waals surface area contributed by atoms with Crippen molar-refractivity contribution in [3.8, 4) is 0 Å². The molecule has 0 bridgehead atoms. The lowest BCUT2D eigenvalue weighted by molar-refractivity contribution is -0.0392. The van der Waals surface area contributed by atoms with E-state index in [1.54, 1.807) is 0 Å². The molecule has 6 heteroatoms. The summed E-state index contributed by atoms with van der Waals surface area (Å²) in [7, 11) is 0. The first-order valence-electron chi connectivity index (χ1n) is 5.72. The molecule has 2 aliphatic heterocycles. The largest absolute Gasteiger partial charge is 0.409 e. The van der Waals surface area contributed by atoms with Crippen molar-refractivity contribution in [2.24, 2.45) is 10.9 Å². The molecular weight excluding hydrogens is 210 g/mol. The second-order valence-electron chi connectivity index (χ2n) is 4.22. The van der Waals surface area contributed by atoms with Gasteiger partial charge in [0.1, 0.15) is 6.10 Å². The topological polar surface area (TPSA) is 80.3 Å². The number of amidine groups is 1. The summed E-state index contributed by atoms with van der Waals surface area (Å²) in [6.45, 7) is 3.92. The Bertz CT molecular complexity index is 254. The van der Waals surface area contributed by atoms with Gasteiger partial charge in [0.2, 0.25) is 0 Å². The van der Waals surface area contributed by atoms with Gasteiger partial charge in [0.05, 0.1) is 6.61 Å². The molecule has 6 nitrogen and oxygen atoms in total. The maximum atomic E-state index is 8.63. The van der Waals surface area contributed by atoms with Crippen LogP contribution < -0.4 is 5.73 Å². The number of nitrogens with zero attached hydrogens (tertiary/aromatic N) is 2. The van der Waals surface area contributed by atoms with Gasteiger partial charge in [-0.05, 0) is 12.8 Å². The van der Waals surface area contributed by atoms with Crippen LogP contribution in [0.3, 0.4) is 0 Å². The van der Waals surface area contributed by atoms with Gasteiger partial charge in [0.25, 0.3) is 0 Å². The smallest absolute Gasteiger partial charge is 0.169 e. The SMILES string of the molecule is NC(=NO)C1CN(C2CCOCC2)CCO1. The van der Waals surface area contributed by atoms with Crippen molar-refractivity contribution < 1.29 is 14.7 Å². The van der Waals surface area contributed by atoms with Gasteiger partial charge in [-0.3, -0.25) is 4.90 Å². The Balaban J connectivity index is 1.90. The van der Waals surface area contributed by atoms with Crippen molar-refractivity contribution in [2.45, 2.75) is 25.0 Å². The third kappa shape index (κ3) is 2.63. The van der Waals surface area contributed by atoms with Gasteiger partial charge < -0.3 is 20.4 Å². The van der Waals surface area contributed by atoms with E-state index in [0.717, 1.165) is 32.6 Å². The number of nitrogens with two attached hydrogens (primary N) is 1. The summed E-state index contributed by atoms with van der Waals surface area (Å²) < 4.78 is 10.8. The highest BCUT2D eigenvalue weighted by molar-refractivity contribution is 5.84. The molecule has 0 aromatic carbocycles. The highest BCUT2D eigenvalue weighted by atomic mass is 16.5. The number of rotatable bonds is 2. The molecule has 16 heavy (non-hydrogen) atoms. The van der Waals surface area contributed by atoms with E-state index in [1.165, 1.54) is 0 Å². The lowest BCUT2D eigenvalue weighted by Gasteiger charge is -2.39. The normalized spacial score (nSPS) is 30.5. The molecule has 2 rings (SSSR count). The number of oxime groups is 1. The lowest BCUT2D eigenvalue weighted by Crippen LogP contribution is -2.53. The molecular formula is C10H19N3O3. The van der Waals surface area contributed by atoms with Crippen LogP contribution in [0.15, 0.2) is 5.16 Å². The Morgan fingerprint density at radius 3 is 2.75 bits per heavy atom. The Kier molecular flexibility index (Phi) is 3.98. The summed E-state index contributed by atoms with van der Waals surface area (Å²) in [5.74, 6) is 0.164. The monoisotopic (exact) mass is 229 g/mol. The molecule has 2 fully saturated rings. The summed E-state index contributed by atoms with van der Waals surface area (Å²) in [6.07, 6.45) is 1.84. The number of hydrogen-bond donors (Lipinski definition) is 2. The number of morpholine rings is 1. The van der Waals surface area contributed by atoms with Crippen molar-refractivity contribution in [3.63, 3.8) is 0 Å². The quantitative estimate of drug-likeness (QED) is 0.292. The van der Waals surface area contributed by atoms with E-state index in [9.17, 15) is 0 Å². The zero-order chi connectivity index (χ0) is 11.4. The van der Waals surface area contributed by atoms with E-state index in [1.807, 2.05) is 0 Å². The van der Waals surface area contributed by atoms with Crippen LogP contribution in [0.25, 0.3) is 0 Å². The van der Waals surface area contributed by atoms with Crippen molar-refractivity contribution >= 4 is 5.84 Å². The molecule has 0 aromatic rings. The second kappa shape index (κ2) is 5.47. The zero-order valence-electron chi connectivity index (χ0n) is 9.34. The van der Waals surface area contributed by atoms with Crippen molar-refractivity contribution in [1.29, 1.82) is 0 Å². The van der Waals surface area contributed by atoms with Crippen LogP contribution in [0.4, 0.5) is 0 Å². The molecule has 0 spiro atoms. The first kappa shape index (κ1) is 11.6. The number of ether oxygens (including phenoxy) is 2. The molecule has 3 N–H and O–H groups in total. The Labute approximate surface area is 95.0 Å². The van der Waals surface area contributed by atoms with Crippen molar-refractivity contribution in [1.82, 2.24) is 4.90 Å². The van der Waals surface area contributed by atoms with E-state index >= 15 is 0 Å². The van der Waals surface area contributed by atoms with E-state index in [4.69, 9.17) is 20.4 Å². The summed E-state index contributed by atoms with van der Waals surface area (Å²) in [4.78, 5) is 2.36. The summed E-state index contributed by atoms with van der Waals surface area (Å²) in [5, 5.41) is 11.6. The predicted molar refractivity (Wildman–Crippen MR) is 58.6 cm³/mol. The van der Waals surface area contributed by atoms with Crippen LogP contribution in [0.2, 0.25) is 0 Å². The molecule has 0 amide bonds. The van der Waals surface area contributed by atoms with Gasteiger partial charge in [0, 0.05) is 32.3 Å². The van der Waals surface area contributed by atoms with Crippen LogP contribution >= 0.6 is 0 Å². The molecule has 0 aromatic heterocycles. The highest BCUT2D eigenvalue weighted by Crippen LogP contribution is 2.17. The van der Waals surface area contributed by atoms with E-state index in [2.05, 4.69) is 10.1 Å². The Morgan fingerprint density at radius 2 is 2.06 bits per heavy atom. The molecule has 1 atom stereocenters. The molecule has 2 saturated heterocycles. The van der Waals surface area contributed by atoms with Gasteiger partial charge >= 0.3 is 0 Å². The Morgan fingerprint density at radius 1 is 1.31 bits per heavy atom. The first-order chi connectivity index (χ1) is 7.81. The van der Waals surface area contributed by atoms with Crippen LogP contribution in [0, 0.1) is 0 Å². The van der Waals surface area contributed by atoms with E-state index in [-0.39, 0.29) is 11.9 Å². The average Bonchev–Trinajstić information content (AvgIpc) is 2.39. The molecule has 1 unspecified atom stereocenters. The molecule has 2 aliphatic rings. The van der Waals surface area contributed by atoms with Gasteiger partial charge in [-0.25, -0.2) is 0 Å². The minimum Gasteiger partial charge on any atom is -0.409 e. The fourth-order valence-electron chi connectivity index (χ4n) is 2.29. The van der Waals surface area contributed by atoms with Gasteiger partial charge in [-0.2, -0.15) is 0 Å². The van der Waals surface area contributed by atoms with Crippen molar-refractivity contribution in [2.75, 3.05) is 32.9 Å². The third-order valence-corrected chi connectivity index (χ3v) is 3.25. The summed E-state index contributed by atoms with van der Waals surface area (Å²) in [6, 6.07) is 0.548. The first-order valence-corrected chi connectivity index (χ1v) is 5.72. The molecule has 0 saturated carbocycles. The highest BCUT2D eigenvalue weighted by Gasteiger charge is 2.29. The van der Waals surface area contributed by atoms with Crippen LogP contribution in [-0.4, -0.2) is 61.0 Å². The second-order valence-corrected chi connectivity index (χ2v) is 4.22. The van der Waals surface area contributed by atoms with Crippen LogP contribution in [-0.2, 0) is 9.47 Å². The minimum absolute atomic E-state index is 0.164. The maximum Gasteiger partial charge on any atom is 0.169 e. The van der Waals surface area contributed by atoms with Gasteiger partial charge in [-0.1, -0.05) is 5.16 Å². The maximum absolute atomic E-state index is 8.63. The third-order valence-electron chi connectivity index (χ3n) is 3.25. The van der Waals surface area contributed by atoms with E-state index in [0.29, 0.717) is 19.2 Å². The van der Waals surface area contributed by atoms with Crippen LogP contribution in [0.1, 0.15) is 12.8 Å². The standard InChI is InChI=1S/C10H19N3O3/c11-10(12-14)9-7-13(3-6-16-9)8-1-4-15-5-2-8/h8-9,14H,1-7H2,(H2,11,12). The fourth-order valence-corrected chi connectivity index (χ4v) is 2.29. The average molecular weight is 229 g/mol. The molecule has 0 aliphatic carbocycles. The van der Waals surface area contributed by atoms with Crippen LogP contribution in [0.5, 0.6) is 0 Å².